The quantitative estimate of drug-likeness (QED) is 0.852. The first-order valence-corrected chi connectivity index (χ1v) is 6.37. The highest BCUT2D eigenvalue weighted by Crippen LogP contribution is 2.37. The molecule has 2 heteroatoms. The fraction of sp³-hybridized carbons (Fsp3) is 0.400. The molecule has 3 rings (SSSR count). The number of benzene rings is 1. The van der Waals surface area contributed by atoms with Crippen LogP contribution in [-0.4, -0.2) is 10.1 Å². The molecule has 1 aromatic carbocycles. The van der Waals surface area contributed by atoms with Gasteiger partial charge in [-0.15, -0.1) is 0 Å². The van der Waals surface area contributed by atoms with E-state index in [0.717, 1.165) is 29.2 Å². The van der Waals surface area contributed by atoms with E-state index in [-0.39, 0.29) is 6.10 Å². The van der Waals surface area contributed by atoms with Crippen LogP contribution in [0.5, 0.6) is 0 Å². The molecule has 88 valence electrons. The molecule has 0 radical (unpaired) electrons. The van der Waals surface area contributed by atoms with Crippen LogP contribution in [0, 0.1) is 5.92 Å². The molecule has 1 aliphatic rings. The first kappa shape index (κ1) is 10.7. The maximum absolute atomic E-state index is 10.5. The van der Waals surface area contributed by atoms with Crippen molar-refractivity contribution in [3.05, 3.63) is 42.2 Å². The Hall–Kier alpha value is -1.41. The van der Waals surface area contributed by atoms with E-state index in [0.29, 0.717) is 5.92 Å². The van der Waals surface area contributed by atoms with Gasteiger partial charge in [0.25, 0.3) is 0 Å². The summed E-state index contributed by atoms with van der Waals surface area (Å²) < 4.78 is 0. The molecule has 0 amide bonds. The Morgan fingerprint density at radius 1 is 1.12 bits per heavy atom. The van der Waals surface area contributed by atoms with Crippen LogP contribution >= 0.6 is 0 Å². The number of aliphatic hydroxyl groups is 1. The minimum Gasteiger partial charge on any atom is -0.388 e. The molecule has 1 aromatic heterocycles. The zero-order valence-corrected chi connectivity index (χ0v) is 9.84. The summed E-state index contributed by atoms with van der Waals surface area (Å²) in [4.78, 5) is 4.25. The van der Waals surface area contributed by atoms with Crippen LogP contribution < -0.4 is 0 Å². The molecule has 2 nitrogen and oxygen atoms in total. The largest absolute Gasteiger partial charge is 0.388 e. The van der Waals surface area contributed by atoms with Crippen molar-refractivity contribution in [1.29, 1.82) is 0 Å². The van der Waals surface area contributed by atoms with Gasteiger partial charge in [-0.2, -0.15) is 0 Å². The molecular weight excluding hydrogens is 210 g/mol. The number of nitrogens with zero attached hydrogens (tertiary/aromatic N) is 1. The molecular formula is C15H17NO. The smallest absolute Gasteiger partial charge is 0.0839 e. The molecule has 0 aliphatic heterocycles. The third-order valence-corrected chi connectivity index (χ3v) is 3.86. The van der Waals surface area contributed by atoms with Crippen molar-refractivity contribution >= 4 is 10.8 Å². The van der Waals surface area contributed by atoms with Gasteiger partial charge >= 0.3 is 0 Å². The lowest BCUT2D eigenvalue weighted by Gasteiger charge is -2.19. The van der Waals surface area contributed by atoms with Crippen LogP contribution in [0.2, 0.25) is 0 Å². The lowest BCUT2D eigenvalue weighted by atomic mass is 9.92. The van der Waals surface area contributed by atoms with Crippen LogP contribution in [-0.2, 0) is 0 Å². The molecule has 0 saturated heterocycles. The summed E-state index contributed by atoms with van der Waals surface area (Å²) in [6.45, 7) is 0. The molecule has 0 spiro atoms. The Kier molecular flexibility index (Phi) is 2.81. The molecule has 2 aromatic rings. The monoisotopic (exact) mass is 227 g/mol. The lowest BCUT2D eigenvalue weighted by Crippen LogP contribution is -2.09. The van der Waals surface area contributed by atoms with Crippen molar-refractivity contribution in [3.8, 4) is 0 Å². The minimum absolute atomic E-state index is 0.351. The second-order valence-electron chi connectivity index (χ2n) is 4.94. The summed E-state index contributed by atoms with van der Waals surface area (Å²) in [5.74, 6) is 0.419. The summed E-state index contributed by atoms with van der Waals surface area (Å²) >= 11 is 0. The highest BCUT2D eigenvalue weighted by molar-refractivity contribution is 5.84. The molecule has 1 N–H and O–H groups in total. The average molecular weight is 227 g/mol. The maximum Gasteiger partial charge on any atom is 0.0839 e. The summed E-state index contributed by atoms with van der Waals surface area (Å²) in [6, 6.07) is 8.15. The van der Waals surface area contributed by atoms with Crippen molar-refractivity contribution in [2.24, 2.45) is 5.92 Å². The molecule has 1 atom stereocenters. The average Bonchev–Trinajstić information content (AvgIpc) is 2.91. The Morgan fingerprint density at radius 3 is 2.71 bits per heavy atom. The SMILES string of the molecule is OC(c1cncc2ccccc12)C1CCCC1. The van der Waals surface area contributed by atoms with Gasteiger partial charge in [0.05, 0.1) is 6.10 Å². The van der Waals surface area contributed by atoms with Crippen molar-refractivity contribution in [3.63, 3.8) is 0 Å². The van der Waals surface area contributed by atoms with E-state index < -0.39 is 0 Å². The van der Waals surface area contributed by atoms with E-state index in [1.807, 2.05) is 30.6 Å². The molecule has 1 aliphatic carbocycles. The number of fused-ring (bicyclic) bond motifs is 1. The number of hydrogen-bond acceptors (Lipinski definition) is 2. The Bertz CT molecular complexity index is 512. The maximum atomic E-state index is 10.5. The number of aromatic nitrogens is 1. The zero-order valence-electron chi connectivity index (χ0n) is 9.84. The first-order valence-electron chi connectivity index (χ1n) is 6.37. The number of rotatable bonds is 2. The standard InChI is InChI=1S/C15H17NO/c17-15(11-5-1-2-6-11)14-10-16-9-12-7-3-4-8-13(12)14/h3-4,7-11,15,17H,1-2,5-6H2. The van der Waals surface area contributed by atoms with Crippen LogP contribution in [0.25, 0.3) is 10.8 Å². The van der Waals surface area contributed by atoms with E-state index >= 15 is 0 Å². The summed E-state index contributed by atoms with van der Waals surface area (Å²) in [7, 11) is 0. The van der Waals surface area contributed by atoms with Crippen LogP contribution in [0.1, 0.15) is 37.4 Å². The molecule has 17 heavy (non-hydrogen) atoms. The van der Waals surface area contributed by atoms with Gasteiger partial charge in [-0.1, -0.05) is 37.1 Å². The van der Waals surface area contributed by atoms with Crippen LogP contribution in [0.4, 0.5) is 0 Å². The van der Waals surface area contributed by atoms with Gasteiger partial charge in [0.15, 0.2) is 0 Å². The lowest BCUT2D eigenvalue weighted by molar-refractivity contribution is 0.113. The van der Waals surface area contributed by atoms with Gasteiger partial charge in [0.1, 0.15) is 0 Å². The van der Waals surface area contributed by atoms with E-state index in [1.165, 1.54) is 12.8 Å². The summed E-state index contributed by atoms with van der Waals surface area (Å²) in [6.07, 6.45) is 8.12. The number of aliphatic hydroxyl groups excluding tert-OH is 1. The Balaban J connectivity index is 2.04. The number of pyridine rings is 1. The van der Waals surface area contributed by atoms with Gasteiger partial charge in [-0.3, -0.25) is 4.98 Å². The summed E-state index contributed by atoms with van der Waals surface area (Å²) in [5, 5.41) is 12.7. The van der Waals surface area contributed by atoms with Crippen LogP contribution in [0.3, 0.4) is 0 Å². The third-order valence-electron chi connectivity index (χ3n) is 3.86. The van der Waals surface area contributed by atoms with E-state index in [9.17, 15) is 5.11 Å². The van der Waals surface area contributed by atoms with Crippen molar-refractivity contribution in [2.75, 3.05) is 0 Å². The van der Waals surface area contributed by atoms with E-state index in [1.54, 1.807) is 0 Å². The normalized spacial score (nSPS) is 18.6. The highest BCUT2D eigenvalue weighted by Gasteiger charge is 2.25. The Labute approximate surface area is 101 Å². The second kappa shape index (κ2) is 4.46. The fourth-order valence-electron chi connectivity index (χ4n) is 2.90. The van der Waals surface area contributed by atoms with Gasteiger partial charge in [0, 0.05) is 23.3 Å². The van der Waals surface area contributed by atoms with E-state index in [4.69, 9.17) is 0 Å². The van der Waals surface area contributed by atoms with Crippen molar-refractivity contribution < 1.29 is 5.11 Å². The first-order chi connectivity index (χ1) is 8.36. The van der Waals surface area contributed by atoms with Crippen molar-refractivity contribution in [2.45, 2.75) is 31.8 Å². The number of hydrogen-bond donors (Lipinski definition) is 1. The predicted molar refractivity (Wildman–Crippen MR) is 68.7 cm³/mol. The van der Waals surface area contributed by atoms with Gasteiger partial charge in [0.2, 0.25) is 0 Å². The molecule has 1 unspecified atom stereocenters. The molecule has 1 fully saturated rings. The Morgan fingerprint density at radius 2 is 1.88 bits per heavy atom. The van der Waals surface area contributed by atoms with Gasteiger partial charge in [-0.05, 0) is 24.1 Å². The highest BCUT2D eigenvalue weighted by atomic mass is 16.3. The fourth-order valence-corrected chi connectivity index (χ4v) is 2.90. The zero-order chi connectivity index (χ0) is 11.7. The van der Waals surface area contributed by atoms with Gasteiger partial charge < -0.3 is 5.11 Å². The second-order valence-corrected chi connectivity index (χ2v) is 4.94. The van der Waals surface area contributed by atoms with Crippen molar-refractivity contribution in [1.82, 2.24) is 4.98 Å². The third kappa shape index (κ3) is 1.93. The van der Waals surface area contributed by atoms with Gasteiger partial charge in [-0.25, -0.2) is 0 Å². The molecule has 0 bridgehead atoms. The van der Waals surface area contributed by atoms with Crippen LogP contribution in [0.15, 0.2) is 36.7 Å². The summed E-state index contributed by atoms with van der Waals surface area (Å²) in [5.41, 5.74) is 0.995. The minimum atomic E-state index is -0.351. The predicted octanol–water partition coefficient (Wildman–Crippen LogP) is 3.46. The molecule has 1 saturated carbocycles. The van der Waals surface area contributed by atoms with E-state index in [2.05, 4.69) is 11.1 Å². The molecule has 1 heterocycles. The topological polar surface area (TPSA) is 33.1 Å².